The first-order valence-electron chi connectivity index (χ1n) is 7.11. The Labute approximate surface area is 118 Å². The summed E-state index contributed by atoms with van der Waals surface area (Å²) in [6.45, 7) is 2.20. The SMILES string of the molecule is CCC1CCC(NC(=O)c2cccc(C(=O)O)n2)CC1. The van der Waals surface area contributed by atoms with Gasteiger partial charge in [-0.25, -0.2) is 9.78 Å². The van der Waals surface area contributed by atoms with Crippen LogP contribution in [0.1, 0.15) is 60.0 Å². The van der Waals surface area contributed by atoms with Crippen LogP contribution in [0, 0.1) is 5.92 Å². The first-order valence-corrected chi connectivity index (χ1v) is 7.11. The highest BCUT2D eigenvalue weighted by Gasteiger charge is 2.22. The molecule has 2 N–H and O–H groups in total. The second-order valence-electron chi connectivity index (χ2n) is 5.31. The van der Waals surface area contributed by atoms with E-state index >= 15 is 0 Å². The molecule has 20 heavy (non-hydrogen) atoms. The van der Waals surface area contributed by atoms with Gasteiger partial charge >= 0.3 is 5.97 Å². The lowest BCUT2D eigenvalue weighted by atomic mass is 9.84. The number of pyridine rings is 1. The van der Waals surface area contributed by atoms with Crippen molar-refractivity contribution >= 4 is 11.9 Å². The van der Waals surface area contributed by atoms with Gasteiger partial charge in [0, 0.05) is 6.04 Å². The van der Waals surface area contributed by atoms with Gasteiger partial charge in [0.15, 0.2) is 0 Å². The maximum atomic E-state index is 12.1. The fourth-order valence-corrected chi connectivity index (χ4v) is 2.65. The number of carboxylic acid groups (broad SMARTS) is 1. The number of carboxylic acids is 1. The van der Waals surface area contributed by atoms with Crippen molar-refractivity contribution < 1.29 is 14.7 Å². The minimum Gasteiger partial charge on any atom is -0.477 e. The summed E-state index contributed by atoms with van der Waals surface area (Å²) in [6.07, 6.45) is 5.46. The van der Waals surface area contributed by atoms with Crippen molar-refractivity contribution in [2.75, 3.05) is 0 Å². The largest absolute Gasteiger partial charge is 0.477 e. The summed E-state index contributed by atoms with van der Waals surface area (Å²) in [5.41, 5.74) is 0.0647. The summed E-state index contributed by atoms with van der Waals surface area (Å²) in [4.78, 5) is 26.8. The molecule has 0 radical (unpaired) electrons. The standard InChI is InChI=1S/C15H20N2O3/c1-2-10-6-8-11(9-7-10)16-14(18)12-4-3-5-13(17-12)15(19)20/h3-5,10-11H,2,6-9H2,1H3,(H,16,18)(H,19,20). The van der Waals surface area contributed by atoms with Crippen molar-refractivity contribution in [2.24, 2.45) is 5.92 Å². The first-order chi connectivity index (χ1) is 9.60. The molecule has 2 rings (SSSR count). The van der Waals surface area contributed by atoms with Gasteiger partial charge in [0.1, 0.15) is 11.4 Å². The molecule has 5 nitrogen and oxygen atoms in total. The summed E-state index contributed by atoms with van der Waals surface area (Å²) >= 11 is 0. The molecule has 1 aliphatic carbocycles. The van der Waals surface area contributed by atoms with Gasteiger partial charge < -0.3 is 10.4 Å². The van der Waals surface area contributed by atoms with Crippen molar-refractivity contribution in [1.82, 2.24) is 10.3 Å². The Bertz CT molecular complexity index is 494. The molecule has 108 valence electrons. The molecule has 1 saturated carbocycles. The third-order valence-electron chi connectivity index (χ3n) is 3.96. The Balaban J connectivity index is 1.95. The van der Waals surface area contributed by atoms with E-state index < -0.39 is 5.97 Å². The number of amides is 1. The zero-order valence-corrected chi connectivity index (χ0v) is 11.6. The second-order valence-corrected chi connectivity index (χ2v) is 5.31. The average molecular weight is 276 g/mol. The summed E-state index contributed by atoms with van der Waals surface area (Å²) in [5, 5.41) is 11.8. The van der Waals surface area contributed by atoms with E-state index in [0.29, 0.717) is 0 Å². The first kappa shape index (κ1) is 14.5. The topological polar surface area (TPSA) is 79.3 Å². The zero-order valence-electron chi connectivity index (χ0n) is 11.6. The van der Waals surface area contributed by atoms with Gasteiger partial charge in [0.2, 0.25) is 0 Å². The van der Waals surface area contributed by atoms with Crippen LogP contribution in [0.4, 0.5) is 0 Å². The number of nitrogens with one attached hydrogen (secondary N) is 1. The van der Waals surface area contributed by atoms with Crippen LogP contribution in [-0.2, 0) is 0 Å². The molecule has 0 atom stereocenters. The van der Waals surface area contributed by atoms with Gasteiger partial charge in [-0.05, 0) is 43.7 Å². The maximum Gasteiger partial charge on any atom is 0.354 e. The van der Waals surface area contributed by atoms with Gasteiger partial charge in [-0.1, -0.05) is 19.4 Å². The van der Waals surface area contributed by atoms with Crippen LogP contribution in [-0.4, -0.2) is 28.0 Å². The molecule has 1 fully saturated rings. The van der Waals surface area contributed by atoms with Gasteiger partial charge in [-0.3, -0.25) is 4.79 Å². The number of aromatic nitrogens is 1. The van der Waals surface area contributed by atoms with Crippen LogP contribution in [0.25, 0.3) is 0 Å². The monoisotopic (exact) mass is 276 g/mol. The molecule has 0 bridgehead atoms. The van der Waals surface area contributed by atoms with Crippen LogP contribution < -0.4 is 5.32 Å². The third kappa shape index (κ3) is 3.56. The molecule has 0 spiro atoms. The van der Waals surface area contributed by atoms with Crippen molar-refractivity contribution in [2.45, 2.75) is 45.1 Å². The lowest BCUT2D eigenvalue weighted by Gasteiger charge is -2.28. The van der Waals surface area contributed by atoms with E-state index in [4.69, 9.17) is 5.11 Å². The highest BCUT2D eigenvalue weighted by molar-refractivity contribution is 5.94. The minimum atomic E-state index is -1.12. The van der Waals surface area contributed by atoms with Crippen molar-refractivity contribution in [3.63, 3.8) is 0 Å². The van der Waals surface area contributed by atoms with E-state index in [1.165, 1.54) is 12.5 Å². The predicted molar refractivity (Wildman–Crippen MR) is 74.7 cm³/mol. The van der Waals surface area contributed by atoms with Crippen LogP contribution in [0.15, 0.2) is 18.2 Å². The smallest absolute Gasteiger partial charge is 0.354 e. The Kier molecular flexibility index (Phi) is 4.71. The zero-order chi connectivity index (χ0) is 14.5. The fraction of sp³-hybridized carbons (Fsp3) is 0.533. The van der Waals surface area contributed by atoms with E-state index in [1.54, 1.807) is 12.1 Å². The lowest BCUT2D eigenvalue weighted by molar-refractivity contribution is 0.0690. The van der Waals surface area contributed by atoms with Gasteiger partial charge in [-0.15, -0.1) is 0 Å². The summed E-state index contributed by atoms with van der Waals surface area (Å²) in [7, 11) is 0. The second kappa shape index (κ2) is 6.50. The molecule has 0 saturated heterocycles. The van der Waals surface area contributed by atoms with E-state index in [0.717, 1.165) is 31.6 Å². The van der Waals surface area contributed by atoms with Crippen LogP contribution in [0.5, 0.6) is 0 Å². The number of rotatable bonds is 4. The van der Waals surface area contributed by atoms with E-state index in [2.05, 4.69) is 17.2 Å². The maximum absolute atomic E-state index is 12.1. The Hall–Kier alpha value is -1.91. The third-order valence-corrected chi connectivity index (χ3v) is 3.96. The number of hydrogen-bond acceptors (Lipinski definition) is 3. The summed E-state index contributed by atoms with van der Waals surface area (Å²) in [6, 6.07) is 4.64. The predicted octanol–water partition coefficient (Wildman–Crippen LogP) is 2.48. The normalized spacial score (nSPS) is 22.2. The van der Waals surface area contributed by atoms with Crippen LogP contribution in [0.2, 0.25) is 0 Å². The number of nitrogens with zero attached hydrogens (tertiary/aromatic N) is 1. The molecular weight excluding hydrogens is 256 g/mol. The van der Waals surface area contributed by atoms with Crippen molar-refractivity contribution in [3.8, 4) is 0 Å². The number of carbonyl (C=O) groups is 2. The van der Waals surface area contributed by atoms with Crippen molar-refractivity contribution in [3.05, 3.63) is 29.6 Å². The molecule has 1 heterocycles. The number of hydrogen-bond donors (Lipinski definition) is 2. The Morgan fingerprint density at radius 3 is 2.50 bits per heavy atom. The van der Waals surface area contributed by atoms with Gasteiger partial charge in [0.25, 0.3) is 5.91 Å². The highest BCUT2D eigenvalue weighted by atomic mass is 16.4. The van der Waals surface area contributed by atoms with Gasteiger partial charge in [-0.2, -0.15) is 0 Å². The molecule has 5 heteroatoms. The summed E-state index contributed by atoms with van der Waals surface area (Å²) in [5.74, 6) is -0.632. The van der Waals surface area contributed by atoms with Crippen molar-refractivity contribution in [1.29, 1.82) is 0 Å². The van der Waals surface area contributed by atoms with Crippen LogP contribution >= 0.6 is 0 Å². The van der Waals surface area contributed by atoms with E-state index in [9.17, 15) is 9.59 Å². The highest BCUT2D eigenvalue weighted by Crippen LogP contribution is 2.26. The molecule has 1 aromatic heterocycles. The Morgan fingerprint density at radius 1 is 1.25 bits per heavy atom. The minimum absolute atomic E-state index is 0.104. The van der Waals surface area contributed by atoms with E-state index in [-0.39, 0.29) is 23.3 Å². The summed E-state index contributed by atoms with van der Waals surface area (Å²) < 4.78 is 0. The molecule has 0 aromatic carbocycles. The van der Waals surface area contributed by atoms with Crippen LogP contribution in [0.3, 0.4) is 0 Å². The number of aromatic carboxylic acids is 1. The van der Waals surface area contributed by atoms with Gasteiger partial charge in [0.05, 0.1) is 0 Å². The molecule has 0 aliphatic heterocycles. The molecular formula is C15H20N2O3. The lowest BCUT2D eigenvalue weighted by Crippen LogP contribution is -2.38. The molecule has 1 aromatic rings. The fourth-order valence-electron chi connectivity index (χ4n) is 2.65. The molecule has 1 amide bonds. The quantitative estimate of drug-likeness (QED) is 0.885. The average Bonchev–Trinajstić information content (AvgIpc) is 2.48. The molecule has 0 unspecified atom stereocenters. The molecule has 1 aliphatic rings. The van der Waals surface area contributed by atoms with E-state index in [1.807, 2.05) is 0 Å². The Morgan fingerprint density at radius 2 is 1.90 bits per heavy atom. The number of carbonyl (C=O) groups excluding carboxylic acids is 1.